The molecule has 4 nitrogen and oxygen atoms in total. The number of ether oxygens (including phenoxy) is 1. The zero-order chi connectivity index (χ0) is 10.4. The minimum Gasteiger partial charge on any atom is -0.494 e. The number of pyridine rings is 1. The molecule has 0 saturated heterocycles. The second kappa shape index (κ2) is 5.49. The van der Waals surface area contributed by atoms with Crippen LogP contribution in [0.1, 0.15) is 6.42 Å². The first-order valence-corrected chi connectivity index (χ1v) is 5.06. The average Bonchev–Trinajstić information content (AvgIpc) is 2.18. The average molecular weight is 213 g/mol. The molecule has 0 bridgehead atoms. The van der Waals surface area contributed by atoms with Crippen molar-refractivity contribution in [1.29, 1.82) is 0 Å². The standard InChI is InChI=1S/C9H11NO3S/c1-13-7-3-2-5-10-9(7)14-6-4-8(11)12/h2-3,5H,4,6H2,1H3,(H,11,12). The zero-order valence-electron chi connectivity index (χ0n) is 7.77. The van der Waals surface area contributed by atoms with Crippen LogP contribution in [0, 0.1) is 0 Å². The van der Waals surface area contributed by atoms with Gasteiger partial charge >= 0.3 is 5.97 Å². The number of carboxylic acid groups (broad SMARTS) is 1. The van der Waals surface area contributed by atoms with Crippen molar-refractivity contribution in [2.24, 2.45) is 0 Å². The number of hydrogen-bond donors (Lipinski definition) is 1. The number of aliphatic carboxylic acids is 1. The minimum atomic E-state index is -0.799. The third kappa shape index (κ3) is 3.26. The van der Waals surface area contributed by atoms with E-state index in [2.05, 4.69) is 4.98 Å². The molecule has 5 heteroatoms. The van der Waals surface area contributed by atoms with Crippen molar-refractivity contribution < 1.29 is 14.6 Å². The van der Waals surface area contributed by atoms with Crippen LogP contribution >= 0.6 is 11.8 Å². The van der Waals surface area contributed by atoms with E-state index in [1.165, 1.54) is 11.8 Å². The highest BCUT2D eigenvalue weighted by Gasteiger charge is 2.04. The molecule has 0 aliphatic carbocycles. The van der Waals surface area contributed by atoms with Gasteiger partial charge in [-0.2, -0.15) is 0 Å². The Morgan fingerprint density at radius 2 is 2.50 bits per heavy atom. The van der Waals surface area contributed by atoms with Crippen LogP contribution in [0.15, 0.2) is 23.4 Å². The van der Waals surface area contributed by atoms with Crippen LogP contribution in [-0.4, -0.2) is 28.9 Å². The minimum absolute atomic E-state index is 0.129. The van der Waals surface area contributed by atoms with Crippen LogP contribution in [0.3, 0.4) is 0 Å². The lowest BCUT2D eigenvalue weighted by Crippen LogP contribution is -1.97. The number of methoxy groups -OCH3 is 1. The zero-order valence-corrected chi connectivity index (χ0v) is 8.58. The molecule has 1 N–H and O–H groups in total. The normalized spacial score (nSPS) is 9.79. The van der Waals surface area contributed by atoms with E-state index in [0.29, 0.717) is 11.5 Å². The SMILES string of the molecule is COc1cccnc1SCCC(=O)O. The van der Waals surface area contributed by atoms with E-state index in [4.69, 9.17) is 9.84 Å². The second-order valence-corrected chi connectivity index (χ2v) is 3.59. The molecule has 76 valence electrons. The van der Waals surface area contributed by atoms with Crippen LogP contribution in [0.4, 0.5) is 0 Å². The lowest BCUT2D eigenvalue weighted by atomic mass is 10.5. The van der Waals surface area contributed by atoms with Gasteiger partial charge in [-0.1, -0.05) is 0 Å². The Bertz CT molecular complexity index is 317. The summed E-state index contributed by atoms with van der Waals surface area (Å²) in [5.74, 6) is 0.387. The maximum atomic E-state index is 10.3. The van der Waals surface area contributed by atoms with Gasteiger partial charge in [-0.25, -0.2) is 4.98 Å². The van der Waals surface area contributed by atoms with Crippen LogP contribution in [0.5, 0.6) is 5.75 Å². The molecule has 1 aromatic rings. The summed E-state index contributed by atoms with van der Waals surface area (Å²) >= 11 is 1.38. The Balaban J connectivity index is 2.53. The largest absolute Gasteiger partial charge is 0.494 e. The molecule has 1 aromatic heterocycles. The first-order chi connectivity index (χ1) is 6.74. The van der Waals surface area contributed by atoms with Crippen molar-refractivity contribution in [2.45, 2.75) is 11.4 Å². The van der Waals surface area contributed by atoms with Gasteiger partial charge in [0.25, 0.3) is 0 Å². The topological polar surface area (TPSA) is 59.4 Å². The Morgan fingerprint density at radius 3 is 3.14 bits per heavy atom. The van der Waals surface area contributed by atoms with E-state index < -0.39 is 5.97 Å². The summed E-state index contributed by atoms with van der Waals surface area (Å²) in [7, 11) is 1.57. The highest BCUT2D eigenvalue weighted by molar-refractivity contribution is 7.99. The highest BCUT2D eigenvalue weighted by Crippen LogP contribution is 2.26. The Labute approximate surface area is 86.3 Å². The number of nitrogens with zero attached hydrogens (tertiary/aromatic N) is 1. The number of thioether (sulfide) groups is 1. The third-order valence-electron chi connectivity index (χ3n) is 1.51. The van der Waals surface area contributed by atoms with Crippen molar-refractivity contribution in [3.05, 3.63) is 18.3 Å². The van der Waals surface area contributed by atoms with E-state index >= 15 is 0 Å². The quantitative estimate of drug-likeness (QED) is 0.754. The van der Waals surface area contributed by atoms with Gasteiger partial charge in [0, 0.05) is 11.9 Å². The predicted octanol–water partition coefficient (Wildman–Crippen LogP) is 1.66. The van der Waals surface area contributed by atoms with Crippen LogP contribution in [0.25, 0.3) is 0 Å². The molecule has 0 aliphatic heterocycles. The molecule has 0 aliphatic rings. The molecule has 0 spiro atoms. The highest BCUT2D eigenvalue weighted by atomic mass is 32.2. The summed E-state index contributed by atoms with van der Waals surface area (Å²) in [6.07, 6.45) is 1.79. The summed E-state index contributed by atoms with van der Waals surface area (Å²) in [4.78, 5) is 14.4. The number of aromatic nitrogens is 1. The molecule has 0 aromatic carbocycles. The van der Waals surface area contributed by atoms with Gasteiger partial charge in [0.15, 0.2) is 5.75 Å². The first-order valence-electron chi connectivity index (χ1n) is 4.07. The van der Waals surface area contributed by atoms with Crippen molar-refractivity contribution in [3.8, 4) is 5.75 Å². The maximum absolute atomic E-state index is 10.3. The summed E-state index contributed by atoms with van der Waals surface area (Å²) in [6.45, 7) is 0. The fraction of sp³-hybridized carbons (Fsp3) is 0.333. The molecular weight excluding hydrogens is 202 g/mol. The Kier molecular flexibility index (Phi) is 4.25. The number of carbonyl (C=O) groups is 1. The summed E-state index contributed by atoms with van der Waals surface area (Å²) in [6, 6.07) is 3.58. The molecule has 1 heterocycles. The van der Waals surface area contributed by atoms with E-state index in [1.807, 2.05) is 0 Å². The molecule has 0 amide bonds. The van der Waals surface area contributed by atoms with E-state index in [1.54, 1.807) is 25.4 Å². The fourth-order valence-electron chi connectivity index (χ4n) is 0.875. The van der Waals surface area contributed by atoms with E-state index in [9.17, 15) is 4.79 Å². The number of rotatable bonds is 5. The fourth-order valence-corrected chi connectivity index (χ4v) is 1.77. The van der Waals surface area contributed by atoms with Crippen LogP contribution in [0.2, 0.25) is 0 Å². The number of carboxylic acids is 1. The molecule has 0 unspecified atom stereocenters. The van der Waals surface area contributed by atoms with Crippen molar-refractivity contribution in [3.63, 3.8) is 0 Å². The van der Waals surface area contributed by atoms with Gasteiger partial charge in [0.2, 0.25) is 0 Å². The van der Waals surface area contributed by atoms with Gasteiger partial charge in [0.1, 0.15) is 5.03 Å². The smallest absolute Gasteiger partial charge is 0.304 e. The van der Waals surface area contributed by atoms with Crippen molar-refractivity contribution in [1.82, 2.24) is 4.98 Å². The van der Waals surface area contributed by atoms with Crippen LogP contribution in [-0.2, 0) is 4.79 Å². The molecule has 1 rings (SSSR count). The second-order valence-electron chi connectivity index (χ2n) is 2.50. The first kappa shape index (κ1) is 10.8. The summed E-state index contributed by atoms with van der Waals surface area (Å²) < 4.78 is 5.07. The Morgan fingerprint density at radius 1 is 1.71 bits per heavy atom. The molecule has 0 saturated carbocycles. The third-order valence-corrected chi connectivity index (χ3v) is 2.50. The lowest BCUT2D eigenvalue weighted by Gasteiger charge is -2.04. The van der Waals surface area contributed by atoms with Gasteiger partial charge in [0.05, 0.1) is 13.5 Å². The molecule has 0 radical (unpaired) electrons. The summed E-state index contributed by atoms with van der Waals surface area (Å²) in [5.41, 5.74) is 0. The molecule has 14 heavy (non-hydrogen) atoms. The maximum Gasteiger partial charge on any atom is 0.304 e. The van der Waals surface area contributed by atoms with Gasteiger partial charge in [-0.15, -0.1) is 11.8 Å². The van der Waals surface area contributed by atoms with Crippen LogP contribution < -0.4 is 4.74 Å². The van der Waals surface area contributed by atoms with Crippen molar-refractivity contribution >= 4 is 17.7 Å². The number of hydrogen-bond acceptors (Lipinski definition) is 4. The van der Waals surface area contributed by atoms with E-state index in [0.717, 1.165) is 5.03 Å². The van der Waals surface area contributed by atoms with Crippen molar-refractivity contribution in [2.75, 3.05) is 12.9 Å². The predicted molar refractivity (Wildman–Crippen MR) is 53.8 cm³/mol. The Hall–Kier alpha value is -1.23. The summed E-state index contributed by atoms with van der Waals surface area (Å²) in [5, 5.41) is 9.19. The van der Waals surface area contributed by atoms with E-state index in [-0.39, 0.29) is 6.42 Å². The van der Waals surface area contributed by atoms with Gasteiger partial charge in [-0.05, 0) is 12.1 Å². The van der Waals surface area contributed by atoms with Gasteiger partial charge < -0.3 is 9.84 Å². The molecule has 0 fully saturated rings. The molecule has 0 atom stereocenters. The monoisotopic (exact) mass is 213 g/mol. The molecular formula is C9H11NO3S. The lowest BCUT2D eigenvalue weighted by molar-refractivity contribution is -0.136. The van der Waals surface area contributed by atoms with Gasteiger partial charge in [-0.3, -0.25) is 4.79 Å².